The van der Waals surface area contributed by atoms with Crippen molar-refractivity contribution in [3.05, 3.63) is 0 Å². The molecule has 2 atom stereocenters. The molecule has 0 aromatic carbocycles. The van der Waals surface area contributed by atoms with Crippen molar-refractivity contribution in [2.45, 2.75) is 18.6 Å². The van der Waals surface area contributed by atoms with Gasteiger partial charge in [0.15, 0.2) is 0 Å². The first-order chi connectivity index (χ1) is 5.74. The van der Waals surface area contributed by atoms with Crippen LogP contribution in [0.3, 0.4) is 0 Å². The van der Waals surface area contributed by atoms with Crippen molar-refractivity contribution in [1.82, 2.24) is 4.90 Å². The zero-order valence-corrected chi connectivity index (χ0v) is 7.44. The first-order valence-electron chi connectivity index (χ1n) is 4.31. The van der Waals surface area contributed by atoms with Gasteiger partial charge in [-0.15, -0.1) is 0 Å². The molecular formula is C8H17NO3. The van der Waals surface area contributed by atoms with Gasteiger partial charge in [-0.05, 0) is 13.5 Å². The fourth-order valence-electron chi connectivity index (χ4n) is 1.41. The van der Waals surface area contributed by atoms with E-state index in [1.165, 1.54) is 0 Å². The highest BCUT2D eigenvalue weighted by atomic mass is 16.5. The quantitative estimate of drug-likeness (QED) is 0.579. The van der Waals surface area contributed by atoms with Gasteiger partial charge in [0, 0.05) is 19.2 Å². The maximum atomic E-state index is 9.16. The van der Waals surface area contributed by atoms with Crippen LogP contribution in [0.15, 0.2) is 0 Å². The second-order valence-corrected chi connectivity index (χ2v) is 3.29. The molecule has 1 saturated heterocycles. The van der Waals surface area contributed by atoms with E-state index in [2.05, 4.69) is 0 Å². The highest BCUT2D eigenvalue weighted by Crippen LogP contribution is 2.10. The van der Waals surface area contributed by atoms with Crippen molar-refractivity contribution in [2.24, 2.45) is 0 Å². The summed E-state index contributed by atoms with van der Waals surface area (Å²) in [5.41, 5.74) is 0. The summed E-state index contributed by atoms with van der Waals surface area (Å²) in [5.74, 6) is 0. The molecule has 72 valence electrons. The van der Waals surface area contributed by atoms with E-state index in [0.29, 0.717) is 12.6 Å². The van der Waals surface area contributed by atoms with Crippen LogP contribution in [-0.4, -0.2) is 60.7 Å². The van der Waals surface area contributed by atoms with E-state index < -0.39 is 6.10 Å². The Morgan fingerprint density at radius 3 is 2.92 bits per heavy atom. The van der Waals surface area contributed by atoms with Crippen LogP contribution in [-0.2, 0) is 4.74 Å². The maximum absolute atomic E-state index is 9.16. The van der Waals surface area contributed by atoms with Gasteiger partial charge in [-0.2, -0.15) is 0 Å². The summed E-state index contributed by atoms with van der Waals surface area (Å²) in [5, 5.41) is 17.8. The fraction of sp³-hybridized carbons (Fsp3) is 1.00. The number of aliphatic hydroxyl groups excluding tert-OH is 2. The van der Waals surface area contributed by atoms with Gasteiger partial charge in [-0.1, -0.05) is 0 Å². The topological polar surface area (TPSA) is 52.9 Å². The average molecular weight is 175 g/mol. The van der Waals surface area contributed by atoms with Gasteiger partial charge in [0.2, 0.25) is 0 Å². The Labute approximate surface area is 72.7 Å². The Kier molecular flexibility index (Phi) is 3.94. The number of hydrogen-bond donors (Lipinski definition) is 2. The molecule has 1 aliphatic heterocycles. The minimum atomic E-state index is -0.629. The summed E-state index contributed by atoms with van der Waals surface area (Å²) >= 11 is 0. The molecule has 0 radical (unpaired) electrons. The van der Waals surface area contributed by atoms with Crippen LogP contribution in [0.4, 0.5) is 0 Å². The van der Waals surface area contributed by atoms with Crippen LogP contribution in [0.25, 0.3) is 0 Å². The molecule has 2 unspecified atom stereocenters. The lowest BCUT2D eigenvalue weighted by molar-refractivity contribution is 0.0518. The van der Waals surface area contributed by atoms with Crippen molar-refractivity contribution < 1.29 is 14.9 Å². The van der Waals surface area contributed by atoms with Crippen molar-refractivity contribution in [3.8, 4) is 0 Å². The first-order valence-corrected chi connectivity index (χ1v) is 4.31. The molecule has 0 aromatic rings. The van der Waals surface area contributed by atoms with E-state index in [1.807, 2.05) is 11.9 Å². The zero-order chi connectivity index (χ0) is 8.97. The number of rotatable bonds is 4. The summed E-state index contributed by atoms with van der Waals surface area (Å²) in [6.07, 6.45) is 0.393. The smallest absolute Gasteiger partial charge is 0.0897 e. The van der Waals surface area contributed by atoms with Crippen LogP contribution in [0.5, 0.6) is 0 Å². The van der Waals surface area contributed by atoms with Gasteiger partial charge in [-0.25, -0.2) is 0 Å². The number of hydrogen-bond acceptors (Lipinski definition) is 4. The van der Waals surface area contributed by atoms with Gasteiger partial charge in [0.25, 0.3) is 0 Å². The number of ether oxygens (including phenoxy) is 1. The molecule has 4 heteroatoms. The lowest BCUT2D eigenvalue weighted by Gasteiger charge is -2.24. The molecular weight excluding hydrogens is 158 g/mol. The second kappa shape index (κ2) is 4.77. The van der Waals surface area contributed by atoms with Crippen LogP contribution in [0.2, 0.25) is 0 Å². The van der Waals surface area contributed by atoms with Gasteiger partial charge in [-0.3, -0.25) is 4.90 Å². The molecule has 2 N–H and O–H groups in total. The summed E-state index contributed by atoms with van der Waals surface area (Å²) in [4.78, 5) is 2.04. The molecule has 0 aliphatic carbocycles. The molecule has 1 heterocycles. The molecule has 1 aliphatic rings. The molecule has 0 saturated carbocycles. The summed E-state index contributed by atoms with van der Waals surface area (Å²) in [7, 11) is 1.94. The minimum Gasteiger partial charge on any atom is -0.394 e. The van der Waals surface area contributed by atoms with Crippen LogP contribution in [0.1, 0.15) is 6.42 Å². The lowest BCUT2D eigenvalue weighted by atomic mass is 10.2. The first kappa shape index (κ1) is 9.92. The van der Waals surface area contributed by atoms with Gasteiger partial charge >= 0.3 is 0 Å². The molecule has 0 amide bonds. The number of likely N-dealkylation sites (N-methyl/N-ethyl adjacent to an activating group) is 1. The Morgan fingerprint density at radius 2 is 2.42 bits per heavy atom. The van der Waals surface area contributed by atoms with Crippen molar-refractivity contribution in [3.63, 3.8) is 0 Å². The third-order valence-electron chi connectivity index (χ3n) is 2.24. The van der Waals surface area contributed by atoms with Gasteiger partial charge in [0.05, 0.1) is 19.3 Å². The highest BCUT2D eigenvalue weighted by molar-refractivity contribution is 4.74. The SMILES string of the molecule is CN(CC(O)CO)C1CCOC1. The maximum Gasteiger partial charge on any atom is 0.0897 e. The van der Waals surface area contributed by atoms with E-state index in [0.717, 1.165) is 19.6 Å². The molecule has 4 nitrogen and oxygen atoms in total. The van der Waals surface area contributed by atoms with E-state index in [1.54, 1.807) is 0 Å². The number of aliphatic hydroxyl groups is 2. The second-order valence-electron chi connectivity index (χ2n) is 3.29. The van der Waals surface area contributed by atoms with Crippen LogP contribution < -0.4 is 0 Å². The molecule has 0 spiro atoms. The average Bonchev–Trinajstić information content (AvgIpc) is 2.56. The Morgan fingerprint density at radius 1 is 1.67 bits per heavy atom. The summed E-state index contributed by atoms with van der Waals surface area (Å²) in [6, 6.07) is 0.409. The summed E-state index contributed by atoms with van der Waals surface area (Å²) < 4.78 is 5.21. The standard InChI is InChI=1S/C8H17NO3/c1-9(4-8(11)5-10)7-2-3-12-6-7/h7-8,10-11H,2-6H2,1H3. The molecule has 0 aromatic heterocycles. The lowest BCUT2D eigenvalue weighted by Crippen LogP contribution is -2.39. The Balaban J connectivity index is 2.21. The molecule has 12 heavy (non-hydrogen) atoms. The van der Waals surface area contributed by atoms with Gasteiger partial charge < -0.3 is 14.9 Å². The third kappa shape index (κ3) is 2.71. The van der Waals surface area contributed by atoms with Crippen LogP contribution >= 0.6 is 0 Å². The van der Waals surface area contributed by atoms with E-state index in [-0.39, 0.29) is 6.61 Å². The Bertz CT molecular complexity index is 125. The molecule has 1 rings (SSSR count). The normalized spacial score (nSPS) is 26.5. The third-order valence-corrected chi connectivity index (χ3v) is 2.24. The van der Waals surface area contributed by atoms with Crippen molar-refractivity contribution in [1.29, 1.82) is 0 Å². The summed E-state index contributed by atoms with van der Waals surface area (Å²) in [6.45, 7) is 1.90. The van der Waals surface area contributed by atoms with Crippen molar-refractivity contribution >= 4 is 0 Å². The number of nitrogens with zero attached hydrogens (tertiary/aromatic N) is 1. The van der Waals surface area contributed by atoms with E-state index >= 15 is 0 Å². The van der Waals surface area contributed by atoms with E-state index in [4.69, 9.17) is 14.9 Å². The Hall–Kier alpha value is -0.160. The monoisotopic (exact) mass is 175 g/mol. The fourth-order valence-corrected chi connectivity index (χ4v) is 1.41. The van der Waals surface area contributed by atoms with Gasteiger partial charge in [0.1, 0.15) is 0 Å². The predicted molar refractivity (Wildman–Crippen MR) is 44.9 cm³/mol. The predicted octanol–water partition coefficient (Wildman–Crippen LogP) is -0.940. The molecule has 1 fully saturated rings. The van der Waals surface area contributed by atoms with E-state index in [9.17, 15) is 0 Å². The minimum absolute atomic E-state index is 0.169. The van der Waals surface area contributed by atoms with Crippen LogP contribution in [0, 0.1) is 0 Å². The highest BCUT2D eigenvalue weighted by Gasteiger charge is 2.21. The zero-order valence-electron chi connectivity index (χ0n) is 7.44. The van der Waals surface area contributed by atoms with Crippen molar-refractivity contribution in [2.75, 3.05) is 33.4 Å². The largest absolute Gasteiger partial charge is 0.394 e. The molecule has 0 bridgehead atoms.